The lowest BCUT2D eigenvalue weighted by atomic mass is 9.98. The number of nitrogens with zero attached hydrogens (tertiary/aromatic N) is 1. The molecule has 2 rings (SSSR count). The molecule has 0 atom stereocenters. The Morgan fingerprint density at radius 3 is 2.26 bits per heavy atom. The molecule has 0 spiro atoms. The molecule has 0 aliphatic rings. The maximum absolute atomic E-state index is 12.5. The Morgan fingerprint density at radius 2 is 1.67 bits per heavy atom. The van der Waals surface area contributed by atoms with Crippen molar-refractivity contribution in [3.8, 4) is 0 Å². The van der Waals surface area contributed by atoms with Crippen molar-refractivity contribution in [1.29, 1.82) is 0 Å². The van der Waals surface area contributed by atoms with Crippen LogP contribution in [0.1, 0.15) is 42.9 Å². The zero-order valence-electron chi connectivity index (χ0n) is 16.6. The number of nitrogens with one attached hydrogen (secondary N) is 1. The number of anilines is 2. The van der Waals surface area contributed by atoms with Gasteiger partial charge in [-0.1, -0.05) is 50.2 Å². The minimum atomic E-state index is -3.52. The van der Waals surface area contributed by atoms with Crippen LogP contribution >= 0.6 is 0 Å². The third-order valence-corrected chi connectivity index (χ3v) is 5.67. The Bertz CT molecular complexity index is 921. The van der Waals surface area contributed by atoms with Crippen molar-refractivity contribution in [2.45, 2.75) is 40.0 Å². The van der Waals surface area contributed by atoms with Crippen LogP contribution in [0.25, 0.3) is 0 Å². The second-order valence-corrected chi connectivity index (χ2v) is 9.02. The summed E-state index contributed by atoms with van der Waals surface area (Å²) in [5.74, 6) is -0.0393. The molecule has 27 heavy (non-hydrogen) atoms. The number of para-hydroxylation sites is 2. The molecule has 0 aromatic heterocycles. The average molecular weight is 389 g/mol. The van der Waals surface area contributed by atoms with E-state index in [4.69, 9.17) is 0 Å². The predicted octanol–water partition coefficient (Wildman–Crippen LogP) is 4.22. The van der Waals surface area contributed by atoms with Gasteiger partial charge >= 0.3 is 0 Å². The van der Waals surface area contributed by atoms with Crippen LogP contribution in [0.5, 0.6) is 0 Å². The lowest BCUT2D eigenvalue weighted by molar-refractivity contribution is -0.116. The summed E-state index contributed by atoms with van der Waals surface area (Å²) in [4.78, 5) is 12.4. The van der Waals surface area contributed by atoms with E-state index >= 15 is 0 Å². The van der Waals surface area contributed by atoms with E-state index in [1.165, 1.54) is 10.6 Å². The molecular weight excluding hydrogens is 360 g/mol. The number of rotatable bonds is 7. The van der Waals surface area contributed by atoms with Gasteiger partial charge in [0.1, 0.15) is 0 Å². The topological polar surface area (TPSA) is 66.5 Å². The van der Waals surface area contributed by atoms with Gasteiger partial charge < -0.3 is 5.32 Å². The Balaban J connectivity index is 2.25. The van der Waals surface area contributed by atoms with Crippen molar-refractivity contribution < 1.29 is 13.2 Å². The lowest BCUT2D eigenvalue weighted by Gasteiger charge is -2.28. The van der Waals surface area contributed by atoms with Gasteiger partial charge in [-0.3, -0.25) is 9.10 Å². The first-order valence-corrected chi connectivity index (χ1v) is 10.9. The van der Waals surface area contributed by atoms with Crippen LogP contribution < -0.4 is 9.62 Å². The van der Waals surface area contributed by atoms with Crippen LogP contribution in [0.15, 0.2) is 42.5 Å². The first kappa shape index (κ1) is 21.0. The van der Waals surface area contributed by atoms with Crippen molar-refractivity contribution in [1.82, 2.24) is 0 Å². The van der Waals surface area contributed by atoms with Crippen molar-refractivity contribution in [2.24, 2.45) is 0 Å². The summed E-state index contributed by atoms with van der Waals surface area (Å²) < 4.78 is 26.3. The number of amides is 1. The highest BCUT2D eigenvalue weighted by Gasteiger charge is 2.24. The number of carbonyl (C=O) groups excluding carboxylic acids is 1. The Labute approximate surface area is 162 Å². The Morgan fingerprint density at radius 1 is 1.04 bits per heavy atom. The molecule has 0 unspecified atom stereocenters. The molecule has 0 radical (unpaired) electrons. The zero-order chi connectivity index (χ0) is 20.2. The highest BCUT2D eigenvalue weighted by atomic mass is 32.2. The molecule has 0 aliphatic heterocycles. The average Bonchev–Trinajstić information content (AvgIpc) is 2.57. The molecule has 2 aromatic carbocycles. The SMILES string of the molecule is Cc1ccccc1NC(=O)CCN(c1c(C)cccc1C(C)C)S(C)(=O)=O. The summed E-state index contributed by atoms with van der Waals surface area (Å²) in [6.07, 6.45) is 1.26. The van der Waals surface area contributed by atoms with Gasteiger partial charge in [0.2, 0.25) is 15.9 Å². The minimum Gasteiger partial charge on any atom is -0.326 e. The summed E-state index contributed by atoms with van der Waals surface area (Å²) in [5.41, 5.74) is 4.23. The fourth-order valence-electron chi connectivity index (χ4n) is 3.06. The second kappa shape index (κ2) is 8.57. The zero-order valence-corrected chi connectivity index (χ0v) is 17.4. The molecule has 0 heterocycles. The molecule has 0 bridgehead atoms. The van der Waals surface area contributed by atoms with Gasteiger partial charge in [0.05, 0.1) is 11.9 Å². The van der Waals surface area contributed by atoms with E-state index in [1.54, 1.807) is 0 Å². The molecular formula is C21H28N2O3S. The lowest BCUT2D eigenvalue weighted by Crippen LogP contribution is -2.34. The third-order valence-electron chi connectivity index (χ3n) is 4.50. The van der Waals surface area contributed by atoms with Crippen LogP contribution in [0.2, 0.25) is 0 Å². The Hall–Kier alpha value is -2.34. The first-order chi connectivity index (χ1) is 12.6. The minimum absolute atomic E-state index is 0.0767. The largest absolute Gasteiger partial charge is 0.326 e. The number of aryl methyl sites for hydroxylation is 2. The molecule has 0 fully saturated rings. The number of carbonyl (C=O) groups is 1. The van der Waals surface area contributed by atoms with Crippen LogP contribution in [0.4, 0.5) is 11.4 Å². The number of hydrogen-bond acceptors (Lipinski definition) is 3. The molecule has 5 nitrogen and oxygen atoms in total. The van der Waals surface area contributed by atoms with E-state index in [1.807, 2.05) is 70.2 Å². The highest BCUT2D eigenvalue weighted by molar-refractivity contribution is 7.92. The monoisotopic (exact) mass is 388 g/mol. The van der Waals surface area contributed by atoms with Crippen LogP contribution in [0.3, 0.4) is 0 Å². The second-order valence-electron chi connectivity index (χ2n) is 7.12. The molecule has 0 saturated carbocycles. The maximum Gasteiger partial charge on any atom is 0.232 e. The number of hydrogen-bond donors (Lipinski definition) is 1. The van der Waals surface area contributed by atoms with Crippen LogP contribution in [-0.4, -0.2) is 27.1 Å². The van der Waals surface area contributed by atoms with Gasteiger partial charge in [-0.2, -0.15) is 0 Å². The molecule has 1 N–H and O–H groups in total. The summed E-state index contributed by atoms with van der Waals surface area (Å²) in [6.45, 7) is 7.97. The molecule has 146 valence electrons. The molecule has 6 heteroatoms. The van der Waals surface area contributed by atoms with Crippen molar-refractivity contribution >= 4 is 27.3 Å². The van der Waals surface area contributed by atoms with E-state index in [9.17, 15) is 13.2 Å². The fraction of sp³-hybridized carbons (Fsp3) is 0.381. The summed E-state index contributed by atoms with van der Waals surface area (Å²) >= 11 is 0. The van der Waals surface area contributed by atoms with E-state index in [0.717, 1.165) is 22.4 Å². The van der Waals surface area contributed by atoms with Gasteiger partial charge in [0, 0.05) is 18.7 Å². The van der Waals surface area contributed by atoms with E-state index in [2.05, 4.69) is 5.32 Å². The van der Waals surface area contributed by atoms with Crippen molar-refractivity contribution in [3.63, 3.8) is 0 Å². The molecule has 1 amide bonds. The first-order valence-electron chi connectivity index (χ1n) is 9.04. The third kappa shape index (κ3) is 5.32. The van der Waals surface area contributed by atoms with Crippen molar-refractivity contribution in [3.05, 3.63) is 59.2 Å². The van der Waals surface area contributed by atoms with Crippen LogP contribution in [0, 0.1) is 13.8 Å². The van der Waals surface area contributed by atoms with Gasteiger partial charge in [-0.05, 0) is 42.5 Å². The van der Waals surface area contributed by atoms with E-state index in [-0.39, 0.29) is 24.8 Å². The summed E-state index contributed by atoms with van der Waals surface area (Å²) in [7, 11) is -3.52. The molecule has 0 saturated heterocycles. The van der Waals surface area contributed by atoms with E-state index in [0.29, 0.717) is 5.69 Å². The Kier molecular flexibility index (Phi) is 6.65. The quantitative estimate of drug-likeness (QED) is 0.772. The van der Waals surface area contributed by atoms with Gasteiger partial charge in [-0.15, -0.1) is 0 Å². The smallest absolute Gasteiger partial charge is 0.232 e. The molecule has 0 aliphatic carbocycles. The van der Waals surface area contributed by atoms with Crippen molar-refractivity contribution in [2.75, 3.05) is 22.4 Å². The fourth-order valence-corrected chi connectivity index (χ4v) is 4.06. The summed E-state index contributed by atoms with van der Waals surface area (Å²) in [6, 6.07) is 13.3. The predicted molar refractivity (Wildman–Crippen MR) is 112 cm³/mol. The number of sulfonamides is 1. The summed E-state index contributed by atoms with van der Waals surface area (Å²) in [5, 5.41) is 2.86. The normalized spacial score (nSPS) is 11.5. The van der Waals surface area contributed by atoms with Gasteiger partial charge in [0.15, 0.2) is 0 Å². The van der Waals surface area contributed by atoms with Gasteiger partial charge in [0.25, 0.3) is 0 Å². The number of benzene rings is 2. The van der Waals surface area contributed by atoms with Crippen LogP contribution in [-0.2, 0) is 14.8 Å². The maximum atomic E-state index is 12.5. The molecule has 2 aromatic rings. The standard InChI is InChI=1S/C21H28N2O3S/c1-15(2)18-11-8-10-17(4)21(18)23(27(5,25)26)14-13-20(24)22-19-12-7-6-9-16(19)3/h6-12,15H,13-14H2,1-5H3,(H,22,24). The van der Waals surface area contributed by atoms with E-state index < -0.39 is 10.0 Å². The van der Waals surface area contributed by atoms with Gasteiger partial charge in [-0.25, -0.2) is 8.42 Å². The highest BCUT2D eigenvalue weighted by Crippen LogP contribution is 2.32.